The van der Waals surface area contributed by atoms with Gasteiger partial charge in [-0.2, -0.15) is 0 Å². The number of rotatable bonds is 4. The molecule has 0 bridgehead atoms. The van der Waals surface area contributed by atoms with Gasteiger partial charge in [0.1, 0.15) is 5.78 Å². The topological polar surface area (TPSA) is 29.1 Å². The molecule has 80 valence electrons. The normalized spacial score (nSPS) is 16.1. The van der Waals surface area contributed by atoms with Crippen molar-refractivity contribution in [3.8, 4) is 0 Å². The largest absolute Gasteiger partial charge is 0.315 e. The van der Waals surface area contributed by atoms with E-state index >= 15 is 0 Å². The van der Waals surface area contributed by atoms with Gasteiger partial charge in [0, 0.05) is 25.4 Å². The molecule has 1 N–H and O–H groups in total. The first-order chi connectivity index (χ1) is 7.29. The number of ketones is 1. The molecular formula is C13H17NO. The van der Waals surface area contributed by atoms with Crippen LogP contribution in [0.15, 0.2) is 24.3 Å². The molecule has 1 aromatic rings. The van der Waals surface area contributed by atoms with Gasteiger partial charge in [-0.05, 0) is 17.5 Å². The third kappa shape index (κ3) is 2.45. The predicted molar refractivity (Wildman–Crippen MR) is 60.9 cm³/mol. The summed E-state index contributed by atoms with van der Waals surface area (Å²) in [7, 11) is 0. The lowest BCUT2D eigenvalue weighted by Gasteiger charge is -2.25. The second-order valence-electron chi connectivity index (χ2n) is 4.17. The number of Topliss-reactive ketones (excluding diaryl/α,β-unsaturated/α-hetero) is 1. The third-order valence-corrected chi connectivity index (χ3v) is 3.05. The van der Waals surface area contributed by atoms with E-state index in [0.29, 0.717) is 12.2 Å². The molecule has 1 heterocycles. The van der Waals surface area contributed by atoms with Crippen molar-refractivity contribution in [3.05, 3.63) is 35.4 Å². The molecule has 0 amide bonds. The summed E-state index contributed by atoms with van der Waals surface area (Å²) in [5, 5.41) is 3.13. The van der Waals surface area contributed by atoms with Crippen molar-refractivity contribution in [1.82, 2.24) is 5.32 Å². The number of hydrogen-bond acceptors (Lipinski definition) is 2. The van der Waals surface area contributed by atoms with Crippen LogP contribution in [0.1, 0.15) is 18.1 Å². The number of carbonyl (C=O) groups is 1. The Bertz CT molecular complexity index is 338. The summed E-state index contributed by atoms with van der Waals surface area (Å²) in [5.41, 5.74) is 2.47. The minimum absolute atomic E-state index is 0.260. The SMILES string of the molecule is CCc1ccc(CC(=O)C2CNC2)cc1. The molecule has 0 saturated carbocycles. The Morgan fingerprint density at radius 2 is 1.87 bits per heavy atom. The molecule has 1 aliphatic heterocycles. The lowest BCUT2D eigenvalue weighted by molar-refractivity contribution is -0.123. The number of carbonyl (C=O) groups excluding carboxylic acids is 1. The maximum Gasteiger partial charge on any atom is 0.142 e. The monoisotopic (exact) mass is 203 g/mol. The van der Waals surface area contributed by atoms with Crippen molar-refractivity contribution in [3.63, 3.8) is 0 Å². The van der Waals surface area contributed by atoms with Crippen LogP contribution in [0.4, 0.5) is 0 Å². The Hall–Kier alpha value is -1.15. The highest BCUT2D eigenvalue weighted by Gasteiger charge is 2.24. The van der Waals surface area contributed by atoms with E-state index in [1.54, 1.807) is 0 Å². The van der Waals surface area contributed by atoms with Gasteiger partial charge in [-0.1, -0.05) is 31.2 Å². The highest BCUT2D eigenvalue weighted by molar-refractivity contribution is 5.84. The van der Waals surface area contributed by atoms with E-state index in [4.69, 9.17) is 0 Å². The van der Waals surface area contributed by atoms with Gasteiger partial charge >= 0.3 is 0 Å². The molecule has 0 aliphatic carbocycles. The summed E-state index contributed by atoms with van der Waals surface area (Å²) in [5.74, 6) is 0.633. The summed E-state index contributed by atoms with van der Waals surface area (Å²) in [6.45, 7) is 3.87. The lowest BCUT2D eigenvalue weighted by atomic mass is 9.93. The first-order valence-corrected chi connectivity index (χ1v) is 5.61. The second kappa shape index (κ2) is 4.58. The molecule has 2 nitrogen and oxygen atoms in total. The highest BCUT2D eigenvalue weighted by atomic mass is 16.1. The van der Waals surface area contributed by atoms with Gasteiger partial charge in [0.15, 0.2) is 0 Å². The molecule has 0 unspecified atom stereocenters. The zero-order valence-corrected chi connectivity index (χ0v) is 9.12. The summed E-state index contributed by atoms with van der Waals surface area (Å²) in [6.07, 6.45) is 1.65. The number of hydrogen-bond donors (Lipinski definition) is 1. The van der Waals surface area contributed by atoms with Crippen LogP contribution in [0, 0.1) is 5.92 Å². The minimum Gasteiger partial charge on any atom is -0.315 e. The zero-order chi connectivity index (χ0) is 10.7. The van der Waals surface area contributed by atoms with Gasteiger partial charge in [-0.15, -0.1) is 0 Å². The Morgan fingerprint density at radius 3 is 2.33 bits per heavy atom. The maximum absolute atomic E-state index is 11.7. The first kappa shape index (κ1) is 10.4. The molecule has 1 aromatic carbocycles. The molecule has 1 fully saturated rings. The van der Waals surface area contributed by atoms with Gasteiger partial charge < -0.3 is 5.32 Å². The van der Waals surface area contributed by atoms with E-state index in [1.165, 1.54) is 5.56 Å². The van der Waals surface area contributed by atoms with Crippen molar-refractivity contribution in [2.45, 2.75) is 19.8 Å². The van der Waals surface area contributed by atoms with Crippen LogP contribution in [0.2, 0.25) is 0 Å². The van der Waals surface area contributed by atoms with Crippen LogP contribution < -0.4 is 5.32 Å². The van der Waals surface area contributed by atoms with Gasteiger partial charge in [0.05, 0.1) is 0 Å². The molecule has 0 spiro atoms. The Labute approximate surface area is 90.7 Å². The fourth-order valence-corrected chi connectivity index (χ4v) is 1.75. The number of aryl methyl sites for hydroxylation is 1. The fraction of sp³-hybridized carbons (Fsp3) is 0.462. The third-order valence-electron chi connectivity index (χ3n) is 3.05. The summed E-state index contributed by atoms with van der Waals surface area (Å²) < 4.78 is 0. The van der Waals surface area contributed by atoms with E-state index in [9.17, 15) is 4.79 Å². The molecule has 2 rings (SSSR count). The van der Waals surface area contributed by atoms with Crippen molar-refractivity contribution < 1.29 is 4.79 Å². The van der Waals surface area contributed by atoms with Crippen molar-refractivity contribution >= 4 is 5.78 Å². The Balaban J connectivity index is 1.94. The van der Waals surface area contributed by atoms with Crippen LogP contribution in [0.3, 0.4) is 0 Å². The summed E-state index contributed by atoms with van der Waals surface area (Å²) >= 11 is 0. The molecule has 0 radical (unpaired) electrons. The number of nitrogens with one attached hydrogen (secondary N) is 1. The van der Waals surface area contributed by atoms with Gasteiger partial charge in [-0.25, -0.2) is 0 Å². The minimum atomic E-state index is 0.260. The van der Waals surface area contributed by atoms with Crippen molar-refractivity contribution in [2.24, 2.45) is 5.92 Å². The van der Waals surface area contributed by atoms with Gasteiger partial charge in [-0.3, -0.25) is 4.79 Å². The molecular weight excluding hydrogens is 186 g/mol. The van der Waals surface area contributed by atoms with Gasteiger partial charge in [0.25, 0.3) is 0 Å². The standard InChI is InChI=1S/C13H17NO/c1-2-10-3-5-11(6-4-10)7-13(15)12-8-14-9-12/h3-6,12,14H,2,7-9H2,1H3. The quantitative estimate of drug-likeness (QED) is 0.805. The van der Waals surface area contributed by atoms with Crippen LogP contribution in [-0.4, -0.2) is 18.9 Å². The predicted octanol–water partition coefficient (Wildman–Crippen LogP) is 1.58. The highest BCUT2D eigenvalue weighted by Crippen LogP contribution is 2.11. The van der Waals surface area contributed by atoms with Crippen LogP contribution in [-0.2, 0) is 17.6 Å². The van der Waals surface area contributed by atoms with E-state index in [-0.39, 0.29) is 5.92 Å². The summed E-state index contributed by atoms with van der Waals surface area (Å²) in [6, 6.07) is 8.37. The molecule has 1 aliphatic rings. The molecule has 0 atom stereocenters. The van der Waals surface area contributed by atoms with Crippen molar-refractivity contribution in [2.75, 3.05) is 13.1 Å². The summed E-state index contributed by atoms with van der Waals surface area (Å²) in [4.78, 5) is 11.7. The molecule has 0 aromatic heterocycles. The smallest absolute Gasteiger partial charge is 0.142 e. The molecule has 1 saturated heterocycles. The zero-order valence-electron chi connectivity index (χ0n) is 9.12. The number of benzene rings is 1. The lowest BCUT2D eigenvalue weighted by Crippen LogP contribution is -2.47. The van der Waals surface area contributed by atoms with E-state index in [1.807, 2.05) is 0 Å². The Kier molecular flexibility index (Phi) is 3.17. The van der Waals surface area contributed by atoms with Crippen LogP contribution in [0.5, 0.6) is 0 Å². The second-order valence-corrected chi connectivity index (χ2v) is 4.17. The van der Waals surface area contributed by atoms with Gasteiger partial charge in [0.2, 0.25) is 0 Å². The van der Waals surface area contributed by atoms with E-state index in [0.717, 1.165) is 25.1 Å². The molecule has 15 heavy (non-hydrogen) atoms. The van der Waals surface area contributed by atoms with E-state index in [2.05, 4.69) is 36.5 Å². The average molecular weight is 203 g/mol. The fourth-order valence-electron chi connectivity index (χ4n) is 1.75. The van der Waals surface area contributed by atoms with Crippen LogP contribution >= 0.6 is 0 Å². The van der Waals surface area contributed by atoms with Crippen LogP contribution in [0.25, 0.3) is 0 Å². The molecule has 2 heteroatoms. The van der Waals surface area contributed by atoms with E-state index < -0.39 is 0 Å². The Morgan fingerprint density at radius 1 is 1.27 bits per heavy atom. The first-order valence-electron chi connectivity index (χ1n) is 5.61. The van der Waals surface area contributed by atoms with Crippen molar-refractivity contribution in [1.29, 1.82) is 0 Å². The maximum atomic E-state index is 11.7. The average Bonchev–Trinajstić information content (AvgIpc) is 2.16.